The minimum Gasteiger partial charge on any atom is -0.351 e. The number of thiophene rings is 1. The van der Waals surface area contributed by atoms with Crippen LogP contribution in [0.5, 0.6) is 0 Å². The zero-order chi connectivity index (χ0) is 12.8. The van der Waals surface area contributed by atoms with Crippen LogP contribution in [0.3, 0.4) is 0 Å². The van der Waals surface area contributed by atoms with Crippen molar-refractivity contribution in [2.24, 2.45) is 0 Å². The van der Waals surface area contributed by atoms with Crippen LogP contribution in [0.15, 0.2) is 18.5 Å². The number of aromatic nitrogens is 3. The summed E-state index contributed by atoms with van der Waals surface area (Å²) < 4.78 is 0. The fraction of sp³-hybridized carbons (Fsp3) is 0.417. The van der Waals surface area contributed by atoms with Crippen molar-refractivity contribution in [1.29, 1.82) is 0 Å². The predicted octanol–water partition coefficient (Wildman–Crippen LogP) is 1.79. The van der Waals surface area contributed by atoms with Crippen LogP contribution in [0.2, 0.25) is 0 Å². The van der Waals surface area contributed by atoms with Gasteiger partial charge < -0.3 is 5.32 Å². The first kappa shape index (κ1) is 12.8. The van der Waals surface area contributed by atoms with E-state index in [1.54, 1.807) is 11.3 Å². The number of carbonyl (C=O) groups is 1. The van der Waals surface area contributed by atoms with Gasteiger partial charge in [0.2, 0.25) is 0 Å². The second-order valence-corrected chi connectivity index (χ2v) is 5.08. The molecule has 0 aromatic carbocycles. The predicted molar refractivity (Wildman–Crippen MR) is 70.7 cm³/mol. The Hall–Kier alpha value is -1.69. The molecule has 1 amide bonds. The SMILES string of the molecule is CCc1ccc(C(=O)NCCCc2ncn[nH]2)s1. The number of aryl methyl sites for hydroxylation is 2. The van der Waals surface area contributed by atoms with Gasteiger partial charge in [-0.2, -0.15) is 5.10 Å². The van der Waals surface area contributed by atoms with Gasteiger partial charge in [-0.3, -0.25) is 9.89 Å². The minimum absolute atomic E-state index is 0.0114. The highest BCUT2D eigenvalue weighted by atomic mass is 32.1. The normalized spacial score (nSPS) is 10.5. The molecule has 0 saturated heterocycles. The Morgan fingerprint density at radius 3 is 3.06 bits per heavy atom. The molecule has 2 rings (SSSR count). The van der Waals surface area contributed by atoms with E-state index < -0.39 is 0 Å². The number of nitrogens with one attached hydrogen (secondary N) is 2. The number of hydrogen-bond acceptors (Lipinski definition) is 4. The molecule has 2 aromatic rings. The van der Waals surface area contributed by atoms with Gasteiger partial charge in [0.05, 0.1) is 4.88 Å². The van der Waals surface area contributed by atoms with Crippen LogP contribution >= 0.6 is 11.3 Å². The fourth-order valence-electron chi connectivity index (χ4n) is 1.59. The van der Waals surface area contributed by atoms with Gasteiger partial charge in [0.25, 0.3) is 5.91 Å². The highest BCUT2D eigenvalue weighted by Crippen LogP contribution is 2.16. The third-order valence-electron chi connectivity index (χ3n) is 2.57. The summed E-state index contributed by atoms with van der Waals surface area (Å²) in [6.07, 6.45) is 4.12. The van der Waals surface area contributed by atoms with Gasteiger partial charge in [0, 0.05) is 17.8 Å². The van der Waals surface area contributed by atoms with Gasteiger partial charge in [-0.1, -0.05) is 6.92 Å². The van der Waals surface area contributed by atoms with Gasteiger partial charge >= 0.3 is 0 Å². The lowest BCUT2D eigenvalue weighted by Crippen LogP contribution is -2.23. The van der Waals surface area contributed by atoms with Gasteiger partial charge in [0.15, 0.2) is 0 Å². The van der Waals surface area contributed by atoms with Crippen molar-refractivity contribution in [3.8, 4) is 0 Å². The Morgan fingerprint density at radius 1 is 1.50 bits per heavy atom. The molecule has 18 heavy (non-hydrogen) atoms. The van der Waals surface area contributed by atoms with Crippen molar-refractivity contribution in [3.63, 3.8) is 0 Å². The monoisotopic (exact) mass is 264 g/mol. The van der Waals surface area contributed by atoms with Gasteiger partial charge in [-0.05, 0) is 25.0 Å². The summed E-state index contributed by atoms with van der Waals surface area (Å²) in [5, 5.41) is 9.48. The van der Waals surface area contributed by atoms with Crippen molar-refractivity contribution in [2.45, 2.75) is 26.2 Å². The van der Waals surface area contributed by atoms with Crippen LogP contribution in [-0.4, -0.2) is 27.6 Å². The molecule has 0 spiro atoms. The third-order valence-corrected chi connectivity index (χ3v) is 3.80. The number of aromatic amines is 1. The Kier molecular flexibility index (Phi) is 4.46. The molecule has 5 nitrogen and oxygen atoms in total. The topological polar surface area (TPSA) is 70.7 Å². The standard InChI is InChI=1S/C12H16N4OS/c1-2-9-5-6-10(18-9)12(17)13-7-3-4-11-14-8-15-16-11/h5-6,8H,2-4,7H2,1H3,(H,13,17)(H,14,15,16). The van der Waals surface area contributed by atoms with E-state index in [1.165, 1.54) is 11.2 Å². The summed E-state index contributed by atoms with van der Waals surface area (Å²) in [4.78, 5) is 17.8. The first-order valence-corrected chi connectivity index (χ1v) is 6.82. The molecule has 0 radical (unpaired) electrons. The first-order chi connectivity index (χ1) is 8.79. The van der Waals surface area contributed by atoms with Crippen LogP contribution in [0.4, 0.5) is 0 Å². The maximum absolute atomic E-state index is 11.8. The summed E-state index contributed by atoms with van der Waals surface area (Å²) in [6, 6.07) is 3.89. The molecular weight excluding hydrogens is 248 g/mol. The molecule has 0 fully saturated rings. The maximum atomic E-state index is 11.8. The molecule has 2 N–H and O–H groups in total. The smallest absolute Gasteiger partial charge is 0.261 e. The summed E-state index contributed by atoms with van der Waals surface area (Å²) in [6.45, 7) is 2.74. The maximum Gasteiger partial charge on any atom is 0.261 e. The average Bonchev–Trinajstić information content (AvgIpc) is 3.05. The average molecular weight is 264 g/mol. The summed E-state index contributed by atoms with van der Waals surface area (Å²) in [5.74, 6) is 0.867. The quantitative estimate of drug-likeness (QED) is 0.781. The van der Waals surface area contributed by atoms with Crippen LogP contribution in [-0.2, 0) is 12.8 Å². The number of nitrogens with zero attached hydrogens (tertiary/aromatic N) is 2. The largest absolute Gasteiger partial charge is 0.351 e. The van der Waals surface area contributed by atoms with Gasteiger partial charge in [-0.15, -0.1) is 11.3 Å². The summed E-state index contributed by atoms with van der Waals surface area (Å²) in [5.41, 5.74) is 0. The van der Waals surface area contributed by atoms with E-state index in [4.69, 9.17) is 0 Å². The van der Waals surface area contributed by atoms with Crippen molar-refractivity contribution >= 4 is 17.2 Å². The highest BCUT2D eigenvalue weighted by Gasteiger charge is 2.07. The summed E-state index contributed by atoms with van der Waals surface area (Å²) >= 11 is 1.56. The molecule has 2 aromatic heterocycles. The Bertz CT molecular complexity index is 492. The van der Waals surface area contributed by atoms with Gasteiger partial charge in [0.1, 0.15) is 12.2 Å². The van der Waals surface area contributed by atoms with E-state index in [9.17, 15) is 4.79 Å². The van der Waals surface area contributed by atoms with Crippen LogP contribution < -0.4 is 5.32 Å². The Labute approximate surface area is 110 Å². The van der Waals surface area contributed by atoms with Crippen molar-refractivity contribution in [1.82, 2.24) is 20.5 Å². The second-order valence-electron chi connectivity index (χ2n) is 3.91. The van der Waals surface area contributed by atoms with E-state index >= 15 is 0 Å². The molecule has 6 heteroatoms. The van der Waals surface area contributed by atoms with Crippen LogP contribution in [0, 0.1) is 0 Å². The lowest BCUT2D eigenvalue weighted by Gasteiger charge is -2.02. The number of amides is 1. The zero-order valence-electron chi connectivity index (χ0n) is 10.3. The third kappa shape index (κ3) is 3.40. The van der Waals surface area contributed by atoms with Crippen LogP contribution in [0.1, 0.15) is 33.7 Å². The van der Waals surface area contributed by atoms with Gasteiger partial charge in [-0.25, -0.2) is 4.98 Å². The molecule has 0 bridgehead atoms. The second kappa shape index (κ2) is 6.30. The van der Waals surface area contributed by atoms with Crippen molar-refractivity contribution < 1.29 is 4.79 Å². The molecule has 0 unspecified atom stereocenters. The van der Waals surface area contributed by atoms with Crippen molar-refractivity contribution in [2.75, 3.05) is 6.54 Å². The van der Waals surface area contributed by atoms with Crippen molar-refractivity contribution in [3.05, 3.63) is 34.0 Å². The lowest BCUT2D eigenvalue weighted by molar-refractivity contribution is 0.0957. The van der Waals surface area contributed by atoms with Crippen LogP contribution in [0.25, 0.3) is 0 Å². The summed E-state index contributed by atoms with van der Waals surface area (Å²) in [7, 11) is 0. The first-order valence-electron chi connectivity index (χ1n) is 6.00. The number of hydrogen-bond donors (Lipinski definition) is 2. The van der Waals surface area contributed by atoms with E-state index in [-0.39, 0.29) is 5.91 Å². The minimum atomic E-state index is 0.0114. The molecule has 96 valence electrons. The Balaban J connectivity index is 1.71. The fourth-order valence-corrected chi connectivity index (χ4v) is 2.45. The lowest BCUT2D eigenvalue weighted by atomic mass is 10.3. The number of H-pyrrole nitrogens is 1. The van der Waals surface area contributed by atoms with E-state index in [0.717, 1.165) is 30.0 Å². The van der Waals surface area contributed by atoms with E-state index in [2.05, 4.69) is 27.4 Å². The zero-order valence-corrected chi connectivity index (χ0v) is 11.1. The Morgan fingerprint density at radius 2 is 2.39 bits per heavy atom. The molecule has 0 aliphatic rings. The molecule has 0 saturated carbocycles. The molecular formula is C12H16N4OS. The number of rotatable bonds is 6. The molecule has 0 aliphatic carbocycles. The van der Waals surface area contributed by atoms with E-state index in [0.29, 0.717) is 6.54 Å². The molecule has 2 heterocycles. The highest BCUT2D eigenvalue weighted by molar-refractivity contribution is 7.14. The van der Waals surface area contributed by atoms with E-state index in [1.807, 2.05) is 12.1 Å². The molecule has 0 atom stereocenters. The number of carbonyl (C=O) groups excluding carboxylic acids is 1. The molecule has 0 aliphatic heterocycles.